The number of halogens is 1. The summed E-state index contributed by atoms with van der Waals surface area (Å²) >= 11 is 11.5. The molecule has 0 saturated carbocycles. The lowest BCUT2D eigenvalue weighted by atomic mass is 10.1. The fourth-order valence-electron chi connectivity index (χ4n) is 2.52. The molecule has 0 aliphatic heterocycles. The van der Waals surface area contributed by atoms with Gasteiger partial charge in [0.1, 0.15) is 0 Å². The van der Waals surface area contributed by atoms with Crippen molar-refractivity contribution in [3.8, 4) is 0 Å². The second kappa shape index (κ2) is 8.13. The van der Waals surface area contributed by atoms with Gasteiger partial charge in [0, 0.05) is 22.3 Å². The van der Waals surface area contributed by atoms with Crippen molar-refractivity contribution in [2.45, 2.75) is 6.92 Å². The second-order valence-electron chi connectivity index (χ2n) is 5.79. The third kappa shape index (κ3) is 4.28. The van der Waals surface area contributed by atoms with E-state index in [1.807, 2.05) is 61.8 Å². The van der Waals surface area contributed by atoms with E-state index in [1.165, 1.54) is 0 Å². The lowest BCUT2D eigenvalue weighted by molar-refractivity contribution is -0.578. The molecule has 130 valence electrons. The minimum Gasteiger partial charge on any atom is -0.867 e. The van der Waals surface area contributed by atoms with Gasteiger partial charge in [0.2, 0.25) is 5.70 Å². The standard InChI is InChI=1S/C21H17ClN2OS/c1-15-6-5-13-24(14-15)19(20(25)16-9-11-17(22)12-10-16)21(26)23-18-7-3-2-4-8-18/h2-14H,1H3,(H-,23,25,26). The summed E-state index contributed by atoms with van der Waals surface area (Å²) in [6, 6.07) is 20.2. The molecule has 0 amide bonds. The number of rotatable bonds is 4. The van der Waals surface area contributed by atoms with Crippen LogP contribution in [0.15, 0.2) is 79.1 Å². The molecule has 1 heterocycles. The molecule has 0 bridgehead atoms. The number of anilines is 1. The highest BCUT2D eigenvalue weighted by atomic mass is 35.5. The maximum absolute atomic E-state index is 13.2. The molecule has 1 aromatic heterocycles. The molecule has 0 aliphatic carbocycles. The number of pyridine rings is 1. The third-order valence-electron chi connectivity index (χ3n) is 3.77. The molecule has 0 radical (unpaired) electrons. The number of para-hydroxylation sites is 1. The van der Waals surface area contributed by atoms with Crippen molar-refractivity contribution in [2.24, 2.45) is 0 Å². The molecule has 0 fully saturated rings. The lowest BCUT2D eigenvalue weighted by Crippen LogP contribution is -2.40. The van der Waals surface area contributed by atoms with Gasteiger partial charge in [0.05, 0.1) is 0 Å². The van der Waals surface area contributed by atoms with Gasteiger partial charge in [-0.15, -0.1) is 0 Å². The van der Waals surface area contributed by atoms with Crippen LogP contribution in [0.1, 0.15) is 11.1 Å². The Bertz CT molecular complexity index is 953. The Morgan fingerprint density at radius 1 is 1.00 bits per heavy atom. The molecular weight excluding hydrogens is 364 g/mol. The number of aromatic nitrogens is 1. The molecule has 5 heteroatoms. The van der Waals surface area contributed by atoms with E-state index in [9.17, 15) is 5.11 Å². The first-order valence-corrected chi connectivity index (χ1v) is 8.85. The zero-order valence-corrected chi connectivity index (χ0v) is 15.7. The Balaban J connectivity index is 2.08. The highest BCUT2D eigenvalue weighted by Crippen LogP contribution is 2.19. The highest BCUT2D eigenvalue weighted by Gasteiger charge is 2.19. The van der Waals surface area contributed by atoms with Crippen LogP contribution in [0.5, 0.6) is 0 Å². The van der Waals surface area contributed by atoms with Crippen LogP contribution in [-0.2, 0) is 0 Å². The average Bonchev–Trinajstić information content (AvgIpc) is 2.63. The topological polar surface area (TPSA) is 39.0 Å². The third-order valence-corrected chi connectivity index (χ3v) is 4.32. The van der Waals surface area contributed by atoms with Crippen molar-refractivity contribution in [1.29, 1.82) is 0 Å². The molecule has 0 saturated heterocycles. The van der Waals surface area contributed by atoms with Crippen LogP contribution in [0, 0.1) is 6.92 Å². The van der Waals surface area contributed by atoms with E-state index in [-0.39, 0.29) is 5.76 Å². The van der Waals surface area contributed by atoms with E-state index in [0.29, 0.717) is 21.3 Å². The van der Waals surface area contributed by atoms with Crippen molar-refractivity contribution >= 4 is 46.0 Å². The molecule has 0 atom stereocenters. The van der Waals surface area contributed by atoms with E-state index in [4.69, 9.17) is 23.8 Å². The minimum atomic E-state index is -0.175. The summed E-state index contributed by atoms with van der Waals surface area (Å²) in [5.41, 5.74) is 2.76. The molecule has 1 N–H and O–H groups in total. The van der Waals surface area contributed by atoms with Gasteiger partial charge in [-0.2, -0.15) is 4.57 Å². The van der Waals surface area contributed by atoms with Crippen LogP contribution >= 0.6 is 23.8 Å². The molecule has 2 aromatic carbocycles. The molecule has 26 heavy (non-hydrogen) atoms. The summed E-state index contributed by atoms with van der Waals surface area (Å²) in [5, 5.41) is 16.9. The molecule has 3 nitrogen and oxygen atoms in total. The quantitative estimate of drug-likeness (QED) is 0.321. The van der Waals surface area contributed by atoms with Gasteiger partial charge in [-0.3, -0.25) is 0 Å². The molecule has 0 aliphatic rings. The highest BCUT2D eigenvalue weighted by molar-refractivity contribution is 7.81. The first-order chi connectivity index (χ1) is 12.5. The summed E-state index contributed by atoms with van der Waals surface area (Å²) in [5.74, 6) is -0.175. The Morgan fingerprint density at radius 2 is 1.69 bits per heavy atom. The monoisotopic (exact) mass is 380 g/mol. The molecular formula is C21H17ClN2OS. The number of hydrogen-bond donors (Lipinski definition) is 1. The zero-order chi connectivity index (χ0) is 18.5. The van der Waals surface area contributed by atoms with Crippen molar-refractivity contribution in [3.63, 3.8) is 0 Å². The summed E-state index contributed by atoms with van der Waals surface area (Å²) in [7, 11) is 0. The predicted molar refractivity (Wildman–Crippen MR) is 109 cm³/mol. The summed E-state index contributed by atoms with van der Waals surface area (Å²) in [6.07, 6.45) is 3.69. The van der Waals surface area contributed by atoms with Gasteiger partial charge in [-0.25, -0.2) is 0 Å². The van der Waals surface area contributed by atoms with Gasteiger partial charge < -0.3 is 10.4 Å². The number of thiocarbonyl (C=S) groups is 1. The number of nitrogens with zero attached hydrogens (tertiary/aromatic N) is 1. The summed E-state index contributed by atoms with van der Waals surface area (Å²) < 4.78 is 1.75. The lowest BCUT2D eigenvalue weighted by Gasteiger charge is -2.17. The maximum atomic E-state index is 13.2. The van der Waals surface area contributed by atoms with E-state index in [2.05, 4.69) is 5.32 Å². The van der Waals surface area contributed by atoms with Crippen LogP contribution < -0.4 is 15.0 Å². The van der Waals surface area contributed by atoms with Gasteiger partial charge >= 0.3 is 0 Å². The molecule has 3 rings (SSSR count). The second-order valence-corrected chi connectivity index (χ2v) is 6.64. The summed E-state index contributed by atoms with van der Waals surface area (Å²) in [6.45, 7) is 1.97. The van der Waals surface area contributed by atoms with Crippen LogP contribution in [0.3, 0.4) is 0 Å². The number of benzene rings is 2. The van der Waals surface area contributed by atoms with Crippen molar-refractivity contribution in [3.05, 3.63) is 95.3 Å². The van der Waals surface area contributed by atoms with E-state index >= 15 is 0 Å². The fourth-order valence-corrected chi connectivity index (χ4v) is 2.96. The summed E-state index contributed by atoms with van der Waals surface area (Å²) in [4.78, 5) is 0.353. The number of aryl methyl sites for hydroxylation is 1. The first kappa shape index (κ1) is 18.1. The van der Waals surface area contributed by atoms with Gasteiger partial charge in [0.25, 0.3) is 0 Å². The van der Waals surface area contributed by atoms with Crippen molar-refractivity contribution in [1.82, 2.24) is 0 Å². The molecule has 0 unspecified atom stereocenters. The Labute approximate surface area is 163 Å². The van der Waals surface area contributed by atoms with E-state index in [0.717, 1.165) is 11.3 Å². The van der Waals surface area contributed by atoms with Gasteiger partial charge in [-0.05, 0) is 48.6 Å². The number of nitrogens with one attached hydrogen (secondary N) is 1. The first-order valence-electron chi connectivity index (χ1n) is 8.06. The average molecular weight is 381 g/mol. The molecule has 3 aromatic rings. The van der Waals surface area contributed by atoms with E-state index in [1.54, 1.807) is 28.8 Å². The van der Waals surface area contributed by atoms with Gasteiger partial charge in [-0.1, -0.05) is 54.2 Å². The maximum Gasteiger partial charge on any atom is 0.238 e. The Morgan fingerprint density at radius 3 is 2.35 bits per heavy atom. The number of hydrogen-bond acceptors (Lipinski definition) is 2. The minimum absolute atomic E-state index is 0.175. The van der Waals surface area contributed by atoms with Gasteiger partial charge in [0.15, 0.2) is 17.4 Å². The van der Waals surface area contributed by atoms with Crippen molar-refractivity contribution in [2.75, 3.05) is 5.32 Å². The Kier molecular flexibility index (Phi) is 5.66. The predicted octanol–water partition coefficient (Wildman–Crippen LogP) is 4.06. The van der Waals surface area contributed by atoms with Crippen molar-refractivity contribution < 1.29 is 9.67 Å². The van der Waals surface area contributed by atoms with E-state index < -0.39 is 0 Å². The van der Waals surface area contributed by atoms with Crippen LogP contribution in [0.4, 0.5) is 5.69 Å². The smallest absolute Gasteiger partial charge is 0.238 e. The Hall–Kier alpha value is -2.69. The van der Waals surface area contributed by atoms with Crippen LogP contribution in [-0.4, -0.2) is 4.99 Å². The zero-order valence-electron chi connectivity index (χ0n) is 14.1. The van der Waals surface area contributed by atoms with Crippen LogP contribution in [0.2, 0.25) is 5.02 Å². The fraction of sp³-hybridized carbons (Fsp3) is 0.0476. The SMILES string of the molecule is Cc1ccc[n+](C(C(=S)Nc2ccccc2)=C([O-])c2ccc(Cl)cc2)c1. The normalized spacial score (nSPS) is 11.6. The molecule has 0 spiro atoms. The van der Waals surface area contributed by atoms with Crippen LogP contribution in [0.25, 0.3) is 11.5 Å². The largest absolute Gasteiger partial charge is 0.867 e.